The maximum Gasteiger partial charge on any atom is 1.00 e. The van der Waals surface area contributed by atoms with Crippen molar-refractivity contribution in [1.29, 1.82) is 0 Å². The molecule has 1 aliphatic heterocycles. The molecular weight excluding hydrogens is 598 g/mol. The van der Waals surface area contributed by atoms with Crippen molar-refractivity contribution in [3.63, 3.8) is 0 Å². The zero-order valence-electron chi connectivity index (χ0n) is 21.6. The summed E-state index contributed by atoms with van der Waals surface area (Å²) in [4.78, 5) is 12.1. The second-order valence-electron chi connectivity index (χ2n) is 7.94. The third kappa shape index (κ3) is 9.20. The van der Waals surface area contributed by atoms with Crippen LogP contribution >= 0.6 is 0 Å². The molecule has 1 atom stereocenters. The molecule has 1 unspecified atom stereocenters. The summed E-state index contributed by atoms with van der Waals surface area (Å²) < 4.78 is 95.0. The number of benzene rings is 2. The number of anilines is 1. The molecule has 0 aromatic heterocycles. The molecule has 1 amide bonds. The summed E-state index contributed by atoms with van der Waals surface area (Å²) in [7, 11) is -13.9. The Morgan fingerprint density at radius 3 is 2.10 bits per heavy atom. The first-order chi connectivity index (χ1) is 17.0. The van der Waals surface area contributed by atoms with E-state index in [9.17, 15) is 39.2 Å². The van der Waals surface area contributed by atoms with Gasteiger partial charge in [0.05, 0.1) is 33.5 Å². The largest absolute Gasteiger partial charge is 1.00 e. The summed E-state index contributed by atoms with van der Waals surface area (Å²) >= 11 is 0. The predicted molar refractivity (Wildman–Crippen MR) is 127 cm³/mol. The van der Waals surface area contributed by atoms with Crippen LogP contribution in [-0.2, 0) is 39.3 Å². The first-order valence-electron chi connectivity index (χ1n) is 10.3. The molecule has 0 N–H and O–H groups in total. The Hall–Kier alpha value is -1.09. The summed E-state index contributed by atoms with van der Waals surface area (Å²) in [5.41, 5.74) is 1.08. The Balaban J connectivity index is 0.00000380. The number of azo groups is 1. The van der Waals surface area contributed by atoms with E-state index < -0.39 is 59.6 Å². The summed E-state index contributed by atoms with van der Waals surface area (Å²) in [6.45, 7) is 3.78. The van der Waals surface area contributed by atoms with Crippen molar-refractivity contribution in [3.05, 3.63) is 47.5 Å². The Morgan fingerprint density at radius 2 is 1.56 bits per heavy atom. The van der Waals surface area contributed by atoms with E-state index in [-0.39, 0.29) is 81.1 Å². The SMILES string of the molecule is CC1=NN(c2ccc(S(=O)(=O)CCOS(=O)(=O)[O-])cc2)C(=O)C1N=Nc1c(C)cc(C)cc1S(=O)(=O)[O-].[Na+].[Na+]. The van der Waals surface area contributed by atoms with Crippen molar-refractivity contribution < 1.29 is 102 Å². The predicted octanol–water partition coefficient (Wildman–Crippen LogP) is -4.66. The van der Waals surface area contributed by atoms with Gasteiger partial charge >= 0.3 is 59.1 Å². The van der Waals surface area contributed by atoms with E-state index in [0.29, 0.717) is 11.1 Å². The van der Waals surface area contributed by atoms with Gasteiger partial charge in [0.2, 0.25) is 10.4 Å². The number of sulfone groups is 1. The minimum absolute atomic E-state index is 0. The van der Waals surface area contributed by atoms with Gasteiger partial charge in [0, 0.05) is 0 Å². The molecule has 0 radical (unpaired) electrons. The molecule has 0 bridgehead atoms. The molecular formula is C20H20N4Na2O10S3. The molecule has 0 saturated carbocycles. The van der Waals surface area contributed by atoms with Crippen LogP contribution in [0.1, 0.15) is 18.1 Å². The summed E-state index contributed by atoms with van der Waals surface area (Å²) in [6, 6.07) is 6.41. The molecule has 0 aliphatic carbocycles. The van der Waals surface area contributed by atoms with Crippen molar-refractivity contribution in [2.75, 3.05) is 17.4 Å². The number of nitrogens with zero attached hydrogens (tertiary/aromatic N) is 4. The first-order valence-corrected chi connectivity index (χ1v) is 14.7. The van der Waals surface area contributed by atoms with Gasteiger partial charge in [0.15, 0.2) is 15.9 Å². The minimum Gasteiger partial charge on any atom is -0.744 e. The van der Waals surface area contributed by atoms with Gasteiger partial charge in [-0.3, -0.25) is 8.98 Å². The minimum atomic E-state index is -5.04. The number of rotatable bonds is 9. The molecule has 0 spiro atoms. The van der Waals surface area contributed by atoms with Crippen molar-refractivity contribution in [1.82, 2.24) is 0 Å². The Morgan fingerprint density at radius 1 is 0.974 bits per heavy atom. The monoisotopic (exact) mass is 618 g/mol. The van der Waals surface area contributed by atoms with Gasteiger partial charge in [0.1, 0.15) is 15.8 Å². The van der Waals surface area contributed by atoms with Crippen LogP contribution in [0.15, 0.2) is 61.5 Å². The fraction of sp³-hybridized carbons (Fsp3) is 0.300. The van der Waals surface area contributed by atoms with Crippen LogP contribution in [0.4, 0.5) is 11.4 Å². The smallest absolute Gasteiger partial charge is 0.744 e. The molecule has 2 aromatic rings. The molecule has 0 fully saturated rings. The standard InChI is InChI=1S/C20H22N4O10S3.2Na/c1-12-10-13(2)18(17(11-12)36(28,29)30)21-22-19-14(3)23-24(20(19)25)15-4-6-16(7-5-15)35(26,27)9-8-34-37(31,32)33;;/h4-7,10-11,19H,8-9H2,1-3H3,(H,28,29,30)(H,31,32,33);;/q;2*+1/p-2. The Labute approximate surface area is 270 Å². The third-order valence-electron chi connectivity index (χ3n) is 5.07. The van der Waals surface area contributed by atoms with Gasteiger partial charge in [-0.2, -0.15) is 20.3 Å². The second kappa shape index (κ2) is 13.7. The van der Waals surface area contributed by atoms with Crippen molar-refractivity contribution in [3.8, 4) is 0 Å². The van der Waals surface area contributed by atoms with Crippen molar-refractivity contribution in [2.45, 2.75) is 36.6 Å². The number of amides is 1. The third-order valence-corrected chi connectivity index (χ3v) is 8.07. The molecule has 39 heavy (non-hydrogen) atoms. The number of aryl methyl sites for hydroxylation is 2. The fourth-order valence-electron chi connectivity index (χ4n) is 3.39. The topological polar surface area (TPSA) is 215 Å². The van der Waals surface area contributed by atoms with E-state index in [1.54, 1.807) is 19.9 Å². The normalized spacial score (nSPS) is 16.1. The Kier molecular flexibility index (Phi) is 12.6. The zero-order valence-corrected chi connectivity index (χ0v) is 28.0. The van der Waals surface area contributed by atoms with Gasteiger partial charge in [0.25, 0.3) is 5.91 Å². The number of hydrogen-bond donors (Lipinski definition) is 0. The maximum absolute atomic E-state index is 12.9. The van der Waals surface area contributed by atoms with Crippen LogP contribution in [-0.4, -0.2) is 64.4 Å². The molecule has 1 heterocycles. The van der Waals surface area contributed by atoms with Crippen LogP contribution in [0.3, 0.4) is 0 Å². The van der Waals surface area contributed by atoms with Crippen LogP contribution in [0.25, 0.3) is 0 Å². The second-order valence-corrected chi connectivity index (χ2v) is 12.4. The van der Waals surface area contributed by atoms with Crippen LogP contribution in [0, 0.1) is 13.8 Å². The van der Waals surface area contributed by atoms with Gasteiger partial charge < -0.3 is 9.11 Å². The number of carbonyl (C=O) groups excluding carboxylic acids is 1. The van der Waals surface area contributed by atoms with E-state index in [1.807, 2.05) is 0 Å². The molecule has 200 valence electrons. The van der Waals surface area contributed by atoms with E-state index >= 15 is 0 Å². The van der Waals surface area contributed by atoms with Gasteiger partial charge in [-0.1, -0.05) is 6.07 Å². The van der Waals surface area contributed by atoms with Gasteiger partial charge in [-0.15, -0.1) is 0 Å². The number of carbonyl (C=O) groups is 1. The fourth-order valence-corrected chi connectivity index (χ4v) is 5.64. The molecule has 1 aliphatic rings. The molecule has 2 aromatic carbocycles. The summed E-state index contributed by atoms with van der Waals surface area (Å²) in [5.74, 6) is -1.43. The summed E-state index contributed by atoms with van der Waals surface area (Å²) in [6.07, 6.45) is 0. The van der Waals surface area contributed by atoms with Gasteiger partial charge in [-0.25, -0.2) is 25.3 Å². The van der Waals surface area contributed by atoms with E-state index in [0.717, 1.165) is 23.2 Å². The Bertz CT molecular complexity index is 1630. The van der Waals surface area contributed by atoms with Crippen LogP contribution < -0.4 is 64.1 Å². The zero-order chi connectivity index (χ0) is 27.8. The molecule has 0 saturated heterocycles. The average Bonchev–Trinajstić information content (AvgIpc) is 3.04. The molecule has 3 rings (SSSR count). The summed E-state index contributed by atoms with van der Waals surface area (Å²) in [5, 5.41) is 12.9. The van der Waals surface area contributed by atoms with E-state index in [2.05, 4.69) is 19.5 Å². The molecule has 14 nitrogen and oxygen atoms in total. The number of hydrazone groups is 1. The maximum atomic E-state index is 12.9. The number of hydrogen-bond acceptors (Lipinski definition) is 13. The first kappa shape index (κ1) is 35.9. The van der Waals surface area contributed by atoms with Crippen LogP contribution in [0.2, 0.25) is 0 Å². The van der Waals surface area contributed by atoms with E-state index in [1.165, 1.54) is 19.1 Å². The van der Waals surface area contributed by atoms with Crippen LogP contribution in [0.5, 0.6) is 0 Å². The van der Waals surface area contributed by atoms with Gasteiger partial charge in [-0.05, 0) is 62.2 Å². The van der Waals surface area contributed by atoms with E-state index in [4.69, 9.17) is 0 Å². The quantitative estimate of drug-likeness (QED) is 0.113. The molecule has 19 heteroatoms. The van der Waals surface area contributed by atoms with Crippen molar-refractivity contribution in [2.24, 2.45) is 15.3 Å². The van der Waals surface area contributed by atoms with Crippen molar-refractivity contribution >= 4 is 53.3 Å². The average molecular weight is 619 g/mol.